The van der Waals surface area contributed by atoms with Crippen LogP contribution in [0, 0.1) is 13.8 Å². The number of fused-ring (bicyclic) bond motifs is 2. The van der Waals surface area contributed by atoms with Crippen LogP contribution < -0.4 is 0 Å². The van der Waals surface area contributed by atoms with E-state index in [1.54, 1.807) is 15.2 Å². The van der Waals surface area contributed by atoms with Gasteiger partial charge in [0, 0.05) is 6.20 Å². The van der Waals surface area contributed by atoms with Crippen molar-refractivity contribution in [2.45, 2.75) is 13.8 Å². The van der Waals surface area contributed by atoms with Crippen molar-refractivity contribution in [2.24, 2.45) is 0 Å². The molecular weight excluding hydrogens is 328 g/mol. The van der Waals surface area contributed by atoms with Crippen LogP contribution in [0.15, 0.2) is 48.7 Å². The van der Waals surface area contributed by atoms with Gasteiger partial charge in [-0.1, -0.05) is 22.6 Å². The molecule has 0 bridgehead atoms. The van der Waals surface area contributed by atoms with Crippen LogP contribution >= 0.6 is 0 Å². The van der Waals surface area contributed by atoms with Crippen LogP contribution in [0.4, 0.5) is 0 Å². The van der Waals surface area contributed by atoms with Gasteiger partial charge in [0.1, 0.15) is 5.69 Å². The fourth-order valence-electron chi connectivity index (χ4n) is 3.06. The Morgan fingerprint density at radius 2 is 1.35 bits per heavy atom. The quantitative estimate of drug-likeness (QED) is 0.490. The van der Waals surface area contributed by atoms with Gasteiger partial charge in [0.2, 0.25) is 0 Å². The first-order chi connectivity index (χ1) is 12.7. The van der Waals surface area contributed by atoms with E-state index in [-0.39, 0.29) is 0 Å². The zero-order valence-corrected chi connectivity index (χ0v) is 14.2. The minimum absolute atomic E-state index is 0.576. The average Bonchev–Trinajstić information content (AvgIpc) is 3.25. The van der Waals surface area contributed by atoms with Crippen molar-refractivity contribution in [1.82, 2.24) is 39.6 Å². The smallest absolute Gasteiger partial charge is 0.178 e. The highest BCUT2D eigenvalue weighted by Gasteiger charge is 2.13. The molecule has 0 unspecified atom stereocenters. The number of pyridine rings is 2. The van der Waals surface area contributed by atoms with Gasteiger partial charge >= 0.3 is 0 Å². The van der Waals surface area contributed by atoms with Gasteiger partial charge in [-0.3, -0.25) is 0 Å². The van der Waals surface area contributed by atoms with Crippen LogP contribution in [0.5, 0.6) is 0 Å². The second-order valence-electron chi connectivity index (χ2n) is 6.03. The molecule has 8 heteroatoms. The third-order valence-electron chi connectivity index (χ3n) is 4.39. The molecule has 5 aromatic heterocycles. The molecule has 0 saturated carbocycles. The van der Waals surface area contributed by atoms with Gasteiger partial charge in [0.25, 0.3) is 0 Å². The molecule has 0 aliphatic rings. The van der Waals surface area contributed by atoms with Crippen molar-refractivity contribution in [2.75, 3.05) is 0 Å². The fourth-order valence-corrected chi connectivity index (χ4v) is 3.06. The Hall–Kier alpha value is -3.68. The summed E-state index contributed by atoms with van der Waals surface area (Å²) in [5, 5.41) is 16.7. The summed E-state index contributed by atoms with van der Waals surface area (Å²) in [6.07, 6.45) is 1.74. The van der Waals surface area contributed by atoms with Crippen LogP contribution in [0.25, 0.3) is 33.9 Å². The average molecular weight is 342 g/mol. The molecule has 0 aromatic carbocycles. The van der Waals surface area contributed by atoms with E-state index in [1.165, 1.54) is 0 Å². The Balaban J connectivity index is 1.72. The summed E-state index contributed by atoms with van der Waals surface area (Å²) in [7, 11) is 0. The molecule has 0 radical (unpaired) electrons. The summed E-state index contributed by atoms with van der Waals surface area (Å²) in [5.74, 6) is 0.576. The molecule has 5 rings (SSSR count). The molecule has 5 heterocycles. The minimum Gasteiger partial charge on any atom is -0.235 e. The van der Waals surface area contributed by atoms with Gasteiger partial charge in [0.15, 0.2) is 5.82 Å². The Bertz CT molecular complexity index is 1170. The molecule has 26 heavy (non-hydrogen) atoms. The molecule has 0 amide bonds. The van der Waals surface area contributed by atoms with Crippen molar-refractivity contribution in [3.63, 3.8) is 0 Å². The zero-order valence-electron chi connectivity index (χ0n) is 14.2. The maximum atomic E-state index is 4.74. The minimum atomic E-state index is 0.576. The number of nitrogens with zero attached hydrogens (tertiary/aromatic N) is 8. The standard InChI is InChI=1S/C18H14N8/c1-11-14-5-3-7-16(25(14)23-21-11)13-9-10-19-18(20-13)17-8-4-6-15-12(2)22-24-26(15)17/h3-10H,1-2H3. The van der Waals surface area contributed by atoms with Crippen molar-refractivity contribution < 1.29 is 0 Å². The summed E-state index contributed by atoms with van der Waals surface area (Å²) >= 11 is 0. The first-order valence-electron chi connectivity index (χ1n) is 8.18. The lowest BCUT2D eigenvalue weighted by atomic mass is 10.2. The summed E-state index contributed by atoms with van der Waals surface area (Å²) in [6.45, 7) is 3.86. The van der Waals surface area contributed by atoms with E-state index in [2.05, 4.69) is 25.6 Å². The molecule has 126 valence electrons. The van der Waals surface area contributed by atoms with Gasteiger partial charge in [-0.25, -0.2) is 19.0 Å². The Labute approximate surface area is 148 Å². The number of aromatic nitrogens is 8. The third-order valence-corrected chi connectivity index (χ3v) is 4.39. The van der Waals surface area contributed by atoms with Gasteiger partial charge in [-0.05, 0) is 44.2 Å². The first kappa shape index (κ1) is 14.6. The third kappa shape index (κ3) is 2.08. The normalized spacial score (nSPS) is 11.5. The van der Waals surface area contributed by atoms with Crippen LogP contribution in [0.3, 0.4) is 0 Å². The van der Waals surface area contributed by atoms with Gasteiger partial charge in [-0.15, -0.1) is 10.2 Å². The summed E-state index contributed by atoms with van der Waals surface area (Å²) in [5.41, 5.74) is 6.04. The monoisotopic (exact) mass is 342 g/mol. The highest BCUT2D eigenvalue weighted by molar-refractivity contribution is 5.65. The van der Waals surface area contributed by atoms with E-state index in [9.17, 15) is 0 Å². The van der Waals surface area contributed by atoms with Gasteiger partial charge in [-0.2, -0.15) is 0 Å². The summed E-state index contributed by atoms with van der Waals surface area (Å²) in [4.78, 5) is 9.18. The molecule has 0 aliphatic carbocycles. The van der Waals surface area contributed by atoms with Crippen molar-refractivity contribution >= 4 is 11.0 Å². The number of hydrogen-bond donors (Lipinski definition) is 0. The van der Waals surface area contributed by atoms with Gasteiger partial charge in [0.05, 0.1) is 33.8 Å². The lowest BCUT2D eigenvalue weighted by Crippen LogP contribution is -2.01. The Morgan fingerprint density at radius 3 is 2.04 bits per heavy atom. The zero-order chi connectivity index (χ0) is 17.7. The molecule has 0 saturated heterocycles. The first-order valence-corrected chi connectivity index (χ1v) is 8.18. The van der Waals surface area contributed by atoms with Crippen LogP contribution in [-0.2, 0) is 0 Å². The Morgan fingerprint density at radius 1 is 0.731 bits per heavy atom. The highest BCUT2D eigenvalue weighted by atomic mass is 15.4. The van der Waals surface area contributed by atoms with E-state index in [0.29, 0.717) is 5.82 Å². The van der Waals surface area contributed by atoms with E-state index in [0.717, 1.165) is 39.5 Å². The van der Waals surface area contributed by atoms with E-state index in [1.807, 2.05) is 56.3 Å². The molecule has 8 nitrogen and oxygen atoms in total. The molecule has 0 fully saturated rings. The van der Waals surface area contributed by atoms with Gasteiger partial charge < -0.3 is 0 Å². The molecule has 5 aromatic rings. The largest absolute Gasteiger partial charge is 0.235 e. The molecule has 0 spiro atoms. The number of rotatable bonds is 2. The Kier molecular flexibility index (Phi) is 3.05. The molecule has 0 aliphatic heterocycles. The summed E-state index contributed by atoms with van der Waals surface area (Å²) < 4.78 is 3.55. The predicted molar refractivity (Wildman–Crippen MR) is 95.5 cm³/mol. The number of hydrogen-bond acceptors (Lipinski definition) is 6. The molecule has 0 N–H and O–H groups in total. The maximum absolute atomic E-state index is 4.74. The summed E-state index contributed by atoms with van der Waals surface area (Å²) in [6, 6.07) is 13.7. The molecular formula is C18H14N8. The van der Waals surface area contributed by atoms with Crippen LogP contribution in [-0.4, -0.2) is 39.6 Å². The van der Waals surface area contributed by atoms with Crippen molar-refractivity contribution in [3.05, 3.63) is 60.0 Å². The highest BCUT2D eigenvalue weighted by Crippen LogP contribution is 2.23. The fraction of sp³-hybridized carbons (Fsp3) is 0.111. The SMILES string of the molecule is Cc1nnn2c(-c3ccnc(-c4cccc5c(C)nnn45)n3)cccc12. The topological polar surface area (TPSA) is 86.2 Å². The lowest BCUT2D eigenvalue weighted by Gasteiger charge is -2.07. The van der Waals surface area contributed by atoms with Crippen molar-refractivity contribution in [3.8, 4) is 22.9 Å². The lowest BCUT2D eigenvalue weighted by molar-refractivity contribution is 0.844. The predicted octanol–water partition coefficient (Wildman–Crippen LogP) is 2.51. The number of aryl methyl sites for hydroxylation is 2. The maximum Gasteiger partial charge on any atom is 0.178 e. The van der Waals surface area contributed by atoms with Crippen LogP contribution in [0.1, 0.15) is 11.4 Å². The van der Waals surface area contributed by atoms with E-state index >= 15 is 0 Å². The van der Waals surface area contributed by atoms with Crippen molar-refractivity contribution in [1.29, 1.82) is 0 Å². The van der Waals surface area contributed by atoms with Crippen LogP contribution in [0.2, 0.25) is 0 Å². The van der Waals surface area contributed by atoms with E-state index in [4.69, 9.17) is 4.98 Å². The second kappa shape index (κ2) is 5.41. The second-order valence-corrected chi connectivity index (χ2v) is 6.03. The van der Waals surface area contributed by atoms with E-state index < -0.39 is 0 Å². The molecule has 0 atom stereocenters.